The quantitative estimate of drug-likeness (QED) is 0.687. The number of hydrogen-bond acceptors (Lipinski definition) is 2. The predicted octanol–water partition coefficient (Wildman–Crippen LogP) is 2.01. The lowest BCUT2D eigenvalue weighted by Crippen LogP contribution is -2.46. The van der Waals surface area contributed by atoms with Crippen molar-refractivity contribution in [2.45, 2.75) is 6.92 Å². The Balaban J connectivity index is 2.32. The highest BCUT2D eigenvalue weighted by Gasteiger charge is 2.14. The summed E-state index contributed by atoms with van der Waals surface area (Å²) in [6, 6.07) is 8.23. The van der Waals surface area contributed by atoms with Crippen LogP contribution in [0.25, 0.3) is 0 Å². The van der Waals surface area contributed by atoms with E-state index in [-0.39, 0.29) is 0 Å². The molecule has 0 atom stereocenters. The number of ether oxygens (including phenoxy) is 1. The summed E-state index contributed by atoms with van der Waals surface area (Å²) in [7, 11) is 8.73. The van der Waals surface area contributed by atoms with Crippen molar-refractivity contribution in [3.63, 3.8) is 0 Å². The van der Waals surface area contributed by atoms with E-state index in [4.69, 9.17) is 4.74 Å². The molecule has 0 fully saturated rings. The van der Waals surface area contributed by atoms with Crippen LogP contribution in [0, 0.1) is 6.92 Å². The number of likely N-dealkylation sites (N-methyl/N-ethyl adjacent to an activating group) is 2. The van der Waals surface area contributed by atoms with E-state index in [9.17, 15) is 0 Å². The summed E-state index contributed by atoms with van der Waals surface area (Å²) in [4.78, 5) is 2.22. The average Bonchev–Trinajstić information content (AvgIpc) is 2.26. The second-order valence-corrected chi connectivity index (χ2v) is 5.85. The van der Waals surface area contributed by atoms with E-state index >= 15 is 0 Å². The SMILES string of the molecule is Cc1cccc(OCC[N+](C)(C)CCN(C)C)c1. The van der Waals surface area contributed by atoms with Crippen LogP contribution < -0.4 is 4.74 Å². The van der Waals surface area contributed by atoms with Gasteiger partial charge in [0.1, 0.15) is 18.9 Å². The Kier molecular flexibility index (Phi) is 5.63. The second-order valence-electron chi connectivity index (χ2n) is 5.85. The third-order valence-electron chi connectivity index (χ3n) is 3.11. The number of rotatable bonds is 7. The fraction of sp³-hybridized carbons (Fsp3) is 0.600. The van der Waals surface area contributed by atoms with Crippen molar-refractivity contribution in [1.29, 1.82) is 0 Å². The Morgan fingerprint density at radius 1 is 1.17 bits per heavy atom. The van der Waals surface area contributed by atoms with Crippen molar-refractivity contribution < 1.29 is 9.22 Å². The monoisotopic (exact) mass is 251 g/mol. The van der Waals surface area contributed by atoms with Gasteiger partial charge >= 0.3 is 0 Å². The van der Waals surface area contributed by atoms with E-state index in [0.29, 0.717) is 0 Å². The lowest BCUT2D eigenvalue weighted by molar-refractivity contribution is -0.889. The van der Waals surface area contributed by atoms with E-state index in [1.54, 1.807) is 0 Å². The van der Waals surface area contributed by atoms with Gasteiger partial charge in [0.2, 0.25) is 0 Å². The Morgan fingerprint density at radius 2 is 1.89 bits per heavy atom. The van der Waals surface area contributed by atoms with Gasteiger partial charge in [-0.15, -0.1) is 0 Å². The molecular formula is C15H27N2O+. The molecule has 0 amide bonds. The first-order chi connectivity index (χ1) is 8.39. The van der Waals surface area contributed by atoms with Crippen LogP contribution in [0.15, 0.2) is 24.3 Å². The first-order valence-electron chi connectivity index (χ1n) is 6.55. The smallest absolute Gasteiger partial charge is 0.137 e. The summed E-state index contributed by atoms with van der Waals surface area (Å²) in [5.74, 6) is 0.975. The van der Waals surface area contributed by atoms with Gasteiger partial charge in [-0.05, 0) is 38.7 Å². The maximum Gasteiger partial charge on any atom is 0.137 e. The van der Waals surface area contributed by atoms with Crippen LogP contribution in [-0.4, -0.2) is 63.8 Å². The molecular weight excluding hydrogens is 224 g/mol. The zero-order valence-electron chi connectivity index (χ0n) is 12.4. The lowest BCUT2D eigenvalue weighted by Gasteiger charge is -2.30. The normalized spacial score (nSPS) is 11.9. The zero-order chi connectivity index (χ0) is 13.6. The molecule has 0 saturated heterocycles. The molecule has 0 spiro atoms. The molecule has 0 bridgehead atoms. The first kappa shape index (κ1) is 15.0. The highest BCUT2D eigenvalue weighted by molar-refractivity contribution is 5.27. The van der Waals surface area contributed by atoms with Crippen molar-refractivity contribution in [3.8, 4) is 5.75 Å². The summed E-state index contributed by atoms with van der Waals surface area (Å²) in [5, 5.41) is 0. The van der Waals surface area contributed by atoms with E-state index in [0.717, 1.165) is 36.5 Å². The standard InChI is InChI=1S/C15H27N2O/c1-14-7-6-8-15(13-14)18-12-11-17(4,5)10-9-16(2)3/h6-8,13H,9-12H2,1-5H3/q+1. The van der Waals surface area contributed by atoms with Crippen molar-refractivity contribution in [2.75, 3.05) is 54.4 Å². The molecule has 1 rings (SSSR count). The van der Waals surface area contributed by atoms with Crippen LogP contribution in [0.4, 0.5) is 0 Å². The highest BCUT2D eigenvalue weighted by Crippen LogP contribution is 2.12. The minimum absolute atomic E-state index is 0.768. The van der Waals surface area contributed by atoms with Gasteiger partial charge in [-0.1, -0.05) is 12.1 Å². The molecule has 0 aliphatic carbocycles. The van der Waals surface area contributed by atoms with Gasteiger partial charge in [0.05, 0.1) is 20.6 Å². The number of nitrogens with zero attached hydrogens (tertiary/aromatic N) is 2. The molecule has 0 heterocycles. The maximum atomic E-state index is 5.80. The molecule has 1 aromatic carbocycles. The van der Waals surface area contributed by atoms with E-state index in [1.165, 1.54) is 5.56 Å². The highest BCUT2D eigenvalue weighted by atomic mass is 16.5. The fourth-order valence-corrected chi connectivity index (χ4v) is 1.70. The molecule has 0 aliphatic rings. The molecule has 0 aromatic heterocycles. The minimum Gasteiger partial charge on any atom is -0.488 e. The summed E-state index contributed by atoms with van der Waals surface area (Å²) < 4.78 is 6.79. The summed E-state index contributed by atoms with van der Waals surface area (Å²) in [6.45, 7) is 6.14. The van der Waals surface area contributed by atoms with Crippen molar-refractivity contribution in [2.24, 2.45) is 0 Å². The van der Waals surface area contributed by atoms with Crippen LogP contribution in [0.2, 0.25) is 0 Å². The molecule has 0 N–H and O–H groups in total. The van der Waals surface area contributed by atoms with E-state index in [1.807, 2.05) is 12.1 Å². The number of hydrogen-bond donors (Lipinski definition) is 0. The van der Waals surface area contributed by atoms with Gasteiger partial charge in [-0.25, -0.2) is 0 Å². The maximum absolute atomic E-state index is 5.80. The first-order valence-corrected chi connectivity index (χ1v) is 6.55. The van der Waals surface area contributed by atoms with E-state index < -0.39 is 0 Å². The predicted molar refractivity (Wildman–Crippen MR) is 77.1 cm³/mol. The van der Waals surface area contributed by atoms with Crippen molar-refractivity contribution >= 4 is 0 Å². The molecule has 0 unspecified atom stereocenters. The zero-order valence-corrected chi connectivity index (χ0v) is 12.4. The molecule has 0 aliphatic heterocycles. The van der Waals surface area contributed by atoms with Crippen LogP contribution in [-0.2, 0) is 0 Å². The van der Waals surface area contributed by atoms with Crippen LogP contribution in [0.1, 0.15) is 5.56 Å². The average molecular weight is 251 g/mol. The summed E-state index contributed by atoms with van der Waals surface area (Å²) in [5.41, 5.74) is 1.24. The van der Waals surface area contributed by atoms with Gasteiger partial charge in [-0.3, -0.25) is 0 Å². The van der Waals surface area contributed by atoms with Gasteiger partial charge in [0.15, 0.2) is 0 Å². The lowest BCUT2D eigenvalue weighted by atomic mass is 10.2. The minimum atomic E-state index is 0.768. The third kappa shape index (κ3) is 6.03. The Morgan fingerprint density at radius 3 is 2.50 bits per heavy atom. The molecule has 0 saturated carbocycles. The fourth-order valence-electron chi connectivity index (χ4n) is 1.70. The molecule has 18 heavy (non-hydrogen) atoms. The van der Waals surface area contributed by atoms with Gasteiger partial charge < -0.3 is 14.1 Å². The number of aryl methyl sites for hydroxylation is 1. The van der Waals surface area contributed by atoms with Crippen LogP contribution in [0.3, 0.4) is 0 Å². The Labute approximate surface area is 112 Å². The van der Waals surface area contributed by atoms with Gasteiger partial charge in [-0.2, -0.15) is 0 Å². The van der Waals surface area contributed by atoms with Crippen LogP contribution >= 0.6 is 0 Å². The topological polar surface area (TPSA) is 12.5 Å². The molecule has 3 heteroatoms. The Hall–Kier alpha value is -1.06. The Bertz CT molecular complexity index is 361. The molecule has 0 radical (unpaired) electrons. The molecule has 102 valence electrons. The van der Waals surface area contributed by atoms with Crippen LogP contribution in [0.5, 0.6) is 5.75 Å². The summed E-state index contributed by atoms with van der Waals surface area (Å²) in [6.07, 6.45) is 0. The molecule has 1 aromatic rings. The van der Waals surface area contributed by atoms with Gasteiger partial charge in [0.25, 0.3) is 0 Å². The third-order valence-corrected chi connectivity index (χ3v) is 3.11. The number of benzene rings is 1. The van der Waals surface area contributed by atoms with Crippen molar-refractivity contribution in [1.82, 2.24) is 4.90 Å². The van der Waals surface area contributed by atoms with Crippen molar-refractivity contribution in [3.05, 3.63) is 29.8 Å². The van der Waals surface area contributed by atoms with Gasteiger partial charge in [0, 0.05) is 6.54 Å². The second kappa shape index (κ2) is 6.76. The number of quaternary nitrogens is 1. The molecule has 3 nitrogen and oxygen atoms in total. The van der Waals surface area contributed by atoms with E-state index in [2.05, 4.69) is 52.1 Å². The summed E-state index contributed by atoms with van der Waals surface area (Å²) >= 11 is 0. The largest absolute Gasteiger partial charge is 0.488 e.